The molecule has 0 heterocycles. The number of benzene rings is 3. The van der Waals surface area contributed by atoms with Crippen molar-refractivity contribution in [3.05, 3.63) is 114 Å². The topological polar surface area (TPSA) is 124 Å². The van der Waals surface area contributed by atoms with Crippen LogP contribution in [0, 0.1) is 0 Å². The van der Waals surface area contributed by atoms with Crippen LogP contribution in [0.1, 0.15) is 117 Å². The lowest BCUT2D eigenvalue weighted by Crippen LogP contribution is -2.09. The molecule has 0 saturated heterocycles. The van der Waals surface area contributed by atoms with E-state index >= 15 is 0 Å². The molecule has 0 saturated carbocycles. The molecule has 0 unspecified atom stereocenters. The Morgan fingerprint density at radius 2 is 0.804 bits per heavy atom. The van der Waals surface area contributed by atoms with E-state index in [4.69, 9.17) is 28.4 Å². The van der Waals surface area contributed by atoms with Crippen molar-refractivity contribution >= 4 is 23.9 Å². The molecule has 0 radical (unpaired) electrons. The fourth-order valence-electron chi connectivity index (χ4n) is 5.39. The first-order chi connectivity index (χ1) is 27.1. The summed E-state index contributed by atoms with van der Waals surface area (Å²) in [7, 11) is 0. The van der Waals surface area contributed by atoms with Crippen LogP contribution in [0.15, 0.2) is 97.1 Å². The second-order valence-electron chi connectivity index (χ2n) is 13.7. The first kappa shape index (κ1) is 45.0. The van der Waals surface area contributed by atoms with Crippen molar-refractivity contribution in [1.82, 2.24) is 0 Å². The molecular weight excluding hydrogens is 712 g/mol. The lowest BCUT2D eigenvalue weighted by molar-refractivity contribution is -0.139. The summed E-state index contributed by atoms with van der Waals surface area (Å²) in [5.41, 5.74) is 2.66. The van der Waals surface area contributed by atoms with E-state index in [0.29, 0.717) is 72.4 Å². The molecule has 0 atom stereocenters. The van der Waals surface area contributed by atoms with Gasteiger partial charge in [0, 0.05) is 17.6 Å². The number of ether oxygens (including phenoxy) is 6. The third-order valence-electron chi connectivity index (χ3n) is 8.72. The maximum atomic E-state index is 12.7. The van der Waals surface area contributed by atoms with Crippen LogP contribution in [0.25, 0.3) is 0 Å². The van der Waals surface area contributed by atoms with Crippen molar-refractivity contribution in [1.29, 1.82) is 0 Å². The first-order valence-electron chi connectivity index (χ1n) is 19.7. The number of rotatable bonds is 28. The lowest BCUT2D eigenvalue weighted by Gasteiger charge is -2.09. The number of unbranched alkanes of at least 4 members (excludes halogenated alkanes) is 10. The number of carbonyl (C=O) groups excluding carboxylic acids is 4. The van der Waals surface area contributed by atoms with Crippen LogP contribution >= 0.6 is 0 Å². The van der Waals surface area contributed by atoms with E-state index < -0.39 is 11.9 Å². The number of hydrogen-bond acceptors (Lipinski definition) is 10. The highest BCUT2D eigenvalue weighted by atomic mass is 16.5. The normalized spacial score (nSPS) is 10.6. The molecule has 0 aliphatic heterocycles. The molecular formula is C46H58O10. The summed E-state index contributed by atoms with van der Waals surface area (Å²) >= 11 is 0. The van der Waals surface area contributed by atoms with Crippen molar-refractivity contribution < 1.29 is 47.6 Å². The second-order valence-corrected chi connectivity index (χ2v) is 13.7. The van der Waals surface area contributed by atoms with E-state index in [1.807, 2.05) is 12.1 Å². The summed E-state index contributed by atoms with van der Waals surface area (Å²) in [5, 5.41) is 0. The molecule has 3 rings (SSSR count). The van der Waals surface area contributed by atoms with E-state index in [1.165, 1.54) is 0 Å². The van der Waals surface area contributed by atoms with E-state index in [9.17, 15) is 19.2 Å². The standard InChI is InChI=1S/C46H58O10/c1-35(2)43(47)53-32-15-11-7-5-9-13-30-51-40-25-19-38(20-26-40)45(49)55-34-29-37-17-23-42(24-18-37)56-46(50)39-21-27-41(28-22-39)52-31-14-10-6-8-12-16-33-54-44(48)36(3)4/h17-28H,1,3,5-16,29-34H2,2,4H3. The molecule has 3 aromatic carbocycles. The largest absolute Gasteiger partial charge is 0.494 e. The Balaban J connectivity index is 1.22. The molecule has 0 aromatic heterocycles. The third kappa shape index (κ3) is 18.8. The Labute approximate surface area is 332 Å². The van der Waals surface area contributed by atoms with Crippen molar-refractivity contribution in [2.24, 2.45) is 0 Å². The van der Waals surface area contributed by atoms with Crippen molar-refractivity contribution in [3.63, 3.8) is 0 Å². The fraction of sp³-hybridized carbons (Fsp3) is 0.435. The summed E-state index contributed by atoms with van der Waals surface area (Å²) in [4.78, 5) is 48.0. The SMILES string of the molecule is C=C(C)C(=O)OCCCCCCCCOc1ccc(C(=O)OCCc2ccc(OC(=O)c3ccc(OCCCCCCCCOC(=O)C(=C)C)cc3)cc2)cc1. The number of esters is 4. The average molecular weight is 771 g/mol. The molecule has 3 aromatic rings. The number of hydrogen-bond donors (Lipinski definition) is 0. The molecule has 0 spiro atoms. The summed E-state index contributed by atoms with van der Waals surface area (Å²) in [6.45, 7) is 12.7. The smallest absolute Gasteiger partial charge is 0.343 e. The quantitative estimate of drug-likeness (QED) is 0.0232. The van der Waals surface area contributed by atoms with Gasteiger partial charge in [-0.05, 0) is 106 Å². The summed E-state index contributed by atoms with van der Waals surface area (Å²) in [5.74, 6) is 0.290. The van der Waals surface area contributed by atoms with Crippen LogP contribution in [0.3, 0.4) is 0 Å². The van der Waals surface area contributed by atoms with Gasteiger partial charge in [0.15, 0.2) is 0 Å². The van der Waals surface area contributed by atoms with Crippen LogP contribution in [0.4, 0.5) is 0 Å². The van der Waals surface area contributed by atoms with Gasteiger partial charge in [-0.15, -0.1) is 0 Å². The van der Waals surface area contributed by atoms with Crippen LogP contribution in [0.5, 0.6) is 17.2 Å². The minimum atomic E-state index is -0.465. The Kier molecular flexibility index (Phi) is 21.2. The maximum Gasteiger partial charge on any atom is 0.343 e. The van der Waals surface area contributed by atoms with E-state index in [0.717, 1.165) is 82.6 Å². The Hall–Kier alpha value is -5.38. The van der Waals surface area contributed by atoms with Crippen LogP contribution in [-0.4, -0.2) is 56.9 Å². The van der Waals surface area contributed by atoms with Gasteiger partial charge in [0.1, 0.15) is 17.2 Å². The summed E-state index contributed by atoms with van der Waals surface area (Å²) in [6, 6.07) is 21.0. The van der Waals surface area contributed by atoms with E-state index in [1.54, 1.807) is 74.5 Å². The van der Waals surface area contributed by atoms with Crippen LogP contribution in [-0.2, 0) is 30.2 Å². The van der Waals surface area contributed by atoms with Crippen LogP contribution < -0.4 is 14.2 Å². The summed E-state index contributed by atoms with van der Waals surface area (Å²) in [6.07, 6.45) is 12.6. The van der Waals surface area contributed by atoms with Gasteiger partial charge in [0.2, 0.25) is 0 Å². The zero-order valence-electron chi connectivity index (χ0n) is 33.2. The molecule has 0 fully saturated rings. The third-order valence-corrected chi connectivity index (χ3v) is 8.72. The molecule has 0 amide bonds. The molecule has 0 aliphatic carbocycles. The predicted octanol–water partition coefficient (Wildman–Crippen LogP) is 9.98. The lowest BCUT2D eigenvalue weighted by atomic mass is 10.1. The highest BCUT2D eigenvalue weighted by Gasteiger charge is 2.11. The average Bonchev–Trinajstić information content (AvgIpc) is 3.20. The van der Waals surface area contributed by atoms with Gasteiger partial charge < -0.3 is 28.4 Å². The molecule has 10 heteroatoms. The Morgan fingerprint density at radius 3 is 1.23 bits per heavy atom. The fourth-order valence-corrected chi connectivity index (χ4v) is 5.39. The minimum absolute atomic E-state index is 0.209. The molecule has 302 valence electrons. The molecule has 0 bridgehead atoms. The molecule has 56 heavy (non-hydrogen) atoms. The molecule has 0 aliphatic rings. The molecule has 0 N–H and O–H groups in total. The first-order valence-corrected chi connectivity index (χ1v) is 19.7. The highest BCUT2D eigenvalue weighted by Crippen LogP contribution is 2.19. The highest BCUT2D eigenvalue weighted by molar-refractivity contribution is 5.91. The van der Waals surface area contributed by atoms with E-state index in [-0.39, 0.29) is 18.5 Å². The second kappa shape index (κ2) is 26.4. The van der Waals surface area contributed by atoms with Crippen molar-refractivity contribution in [2.45, 2.75) is 97.3 Å². The van der Waals surface area contributed by atoms with Gasteiger partial charge in [-0.2, -0.15) is 0 Å². The predicted molar refractivity (Wildman–Crippen MR) is 216 cm³/mol. The maximum absolute atomic E-state index is 12.7. The monoisotopic (exact) mass is 770 g/mol. The zero-order chi connectivity index (χ0) is 40.4. The van der Waals surface area contributed by atoms with Crippen molar-refractivity contribution in [2.75, 3.05) is 33.0 Å². The van der Waals surface area contributed by atoms with Crippen molar-refractivity contribution in [3.8, 4) is 17.2 Å². The van der Waals surface area contributed by atoms with Gasteiger partial charge in [-0.1, -0.05) is 76.7 Å². The van der Waals surface area contributed by atoms with Gasteiger partial charge >= 0.3 is 23.9 Å². The molecule has 10 nitrogen and oxygen atoms in total. The Bertz CT molecular complexity index is 1660. The zero-order valence-corrected chi connectivity index (χ0v) is 33.2. The van der Waals surface area contributed by atoms with Gasteiger partial charge in [-0.25, -0.2) is 19.2 Å². The number of carbonyl (C=O) groups is 4. The van der Waals surface area contributed by atoms with E-state index in [2.05, 4.69) is 13.2 Å². The van der Waals surface area contributed by atoms with Crippen LogP contribution in [0.2, 0.25) is 0 Å². The Morgan fingerprint density at radius 1 is 0.429 bits per heavy atom. The van der Waals surface area contributed by atoms with Gasteiger partial charge in [0.25, 0.3) is 0 Å². The minimum Gasteiger partial charge on any atom is -0.494 e. The van der Waals surface area contributed by atoms with Gasteiger partial charge in [0.05, 0.1) is 44.2 Å². The van der Waals surface area contributed by atoms with Gasteiger partial charge in [-0.3, -0.25) is 0 Å². The summed E-state index contributed by atoms with van der Waals surface area (Å²) < 4.78 is 32.8.